The van der Waals surface area contributed by atoms with Crippen LogP contribution < -0.4 is 5.32 Å². The van der Waals surface area contributed by atoms with Gasteiger partial charge in [0.1, 0.15) is 4.90 Å². The second kappa shape index (κ2) is 6.28. The molecule has 0 amide bonds. The maximum atomic E-state index is 12.5. The molecule has 0 bridgehead atoms. The van der Waals surface area contributed by atoms with E-state index >= 15 is 0 Å². The second-order valence-electron chi connectivity index (χ2n) is 5.41. The fourth-order valence-electron chi connectivity index (χ4n) is 2.34. The van der Waals surface area contributed by atoms with Gasteiger partial charge in [0.15, 0.2) is 0 Å². The molecular formula is C14H25N3O2S. The van der Waals surface area contributed by atoms with Gasteiger partial charge in [0.05, 0.1) is 0 Å². The van der Waals surface area contributed by atoms with Gasteiger partial charge in [-0.25, -0.2) is 12.7 Å². The summed E-state index contributed by atoms with van der Waals surface area (Å²) in [6.07, 6.45) is 4.94. The van der Waals surface area contributed by atoms with Crippen molar-refractivity contribution in [1.82, 2.24) is 14.2 Å². The third-order valence-electron chi connectivity index (χ3n) is 3.65. The second-order valence-corrected chi connectivity index (χ2v) is 7.46. The zero-order valence-electron chi connectivity index (χ0n) is 12.6. The molecule has 0 aliphatic heterocycles. The van der Waals surface area contributed by atoms with Gasteiger partial charge in [-0.2, -0.15) is 0 Å². The molecule has 0 unspecified atom stereocenters. The summed E-state index contributed by atoms with van der Waals surface area (Å²) in [5, 5.41) is 3.28. The smallest absolute Gasteiger partial charge is 0.244 e. The molecule has 1 aliphatic carbocycles. The first kappa shape index (κ1) is 15.5. The SMILES string of the molecule is CCCN(C)S(=O)(=O)c1cc(CNCC)n(C2CC2)c1. The molecule has 1 aromatic heterocycles. The Morgan fingerprint density at radius 2 is 2.10 bits per heavy atom. The van der Waals surface area contributed by atoms with Crippen molar-refractivity contribution in [2.75, 3.05) is 20.1 Å². The van der Waals surface area contributed by atoms with Crippen molar-refractivity contribution < 1.29 is 8.42 Å². The summed E-state index contributed by atoms with van der Waals surface area (Å²) in [6, 6.07) is 2.31. The third-order valence-corrected chi connectivity index (χ3v) is 5.47. The Hall–Kier alpha value is -0.850. The zero-order valence-corrected chi connectivity index (χ0v) is 13.4. The minimum absolute atomic E-state index is 0.424. The maximum Gasteiger partial charge on any atom is 0.244 e. The van der Waals surface area contributed by atoms with Crippen LogP contribution in [0.25, 0.3) is 0 Å². The van der Waals surface area contributed by atoms with E-state index < -0.39 is 10.0 Å². The summed E-state index contributed by atoms with van der Waals surface area (Å²) in [6.45, 7) is 6.20. The Bertz CT molecular complexity index is 547. The first-order valence-corrected chi connectivity index (χ1v) is 8.82. The van der Waals surface area contributed by atoms with Crippen LogP contribution in [-0.2, 0) is 16.6 Å². The fraction of sp³-hybridized carbons (Fsp3) is 0.714. The number of rotatable bonds is 8. The van der Waals surface area contributed by atoms with Gasteiger partial charge in [0.2, 0.25) is 10.0 Å². The summed E-state index contributed by atoms with van der Waals surface area (Å²) in [7, 11) is -1.70. The van der Waals surface area contributed by atoms with Crippen molar-refractivity contribution in [3.63, 3.8) is 0 Å². The average molecular weight is 299 g/mol. The van der Waals surface area contributed by atoms with Gasteiger partial charge in [-0.15, -0.1) is 0 Å². The Balaban J connectivity index is 2.27. The van der Waals surface area contributed by atoms with Crippen molar-refractivity contribution in [2.24, 2.45) is 0 Å². The normalized spacial score (nSPS) is 16.0. The van der Waals surface area contributed by atoms with Crippen LogP contribution in [0, 0.1) is 0 Å². The van der Waals surface area contributed by atoms with Gasteiger partial charge in [0, 0.05) is 38.1 Å². The van der Waals surface area contributed by atoms with E-state index in [1.54, 1.807) is 7.05 Å². The topological polar surface area (TPSA) is 54.3 Å². The molecule has 1 aliphatic rings. The summed E-state index contributed by atoms with van der Waals surface area (Å²) in [5.41, 5.74) is 1.07. The van der Waals surface area contributed by atoms with E-state index in [9.17, 15) is 8.42 Å². The molecule has 0 atom stereocenters. The quantitative estimate of drug-likeness (QED) is 0.798. The van der Waals surface area contributed by atoms with E-state index in [2.05, 4.69) is 16.8 Å². The lowest BCUT2D eigenvalue weighted by atomic mass is 10.4. The molecule has 1 fully saturated rings. The minimum Gasteiger partial charge on any atom is -0.346 e. The van der Waals surface area contributed by atoms with Crippen LogP contribution in [0.2, 0.25) is 0 Å². The molecule has 1 heterocycles. The van der Waals surface area contributed by atoms with Gasteiger partial charge in [-0.3, -0.25) is 0 Å². The molecule has 0 radical (unpaired) electrons. The van der Waals surface area contributed by atoms with Gasteiger partial charge in [-0.1, -0.05) is 13.8 Å². The zero-order chi connectivity index (χ0) is 14.8. The highest BCUT2D eigenvalue weighted by atomic mass is 32.2. The molecule has 1 aromatic rings. The van der Waals surface area contributed by atoms with Gasteiger partial charge >= 0.3 is 0 Å². The largest absolute Gasteiger partial charge is 0.346 e. The first-order valence-electron chi connectivity index (χ1n) is 7.38. The molecule has 1 N–H and O–H groups in total. The third kappa shape index (κ3) is 3.24. The predicted octanol–water partition coefficient (Wildman–Crippen LogP) is 1.96. The predicted molar refractivity (Wildman–Crippen MR) is 80.2 cm³/mol. The number of hydrogen-bond acceptors (Lipinski definition) is 3. The highest BCUT2D eigenvalue weighted by molar-refractivity contribution is 7.89. The molecule has 2 rings (SSSR count). The molecular weight excluding hydrogens is 274 g/mol. The molecule has 20 heavy (non-hydrogen) atoms. The summed E-state index contributed by atoms with van der Waals surface area (Å²) in [4.78, 5) is 0.424. The van der Waals surface area contributed by atoms with Crippen LogP contribution in [0.15, 0.2) is 17.2 Å². The van der Waals surface area contributed by atoms with Crippen molar-refractivity contribution >= 4 is 10.0 Å². The van der Waals surface area contributed by atoms with Crippen LogP contribution in [-0.4, -0.2) is 37.4 Å². The number of hydrogen-bond donors (Lipinski definition) is 1. The fourth-order valence-corrected chi connectivity index (χ4v) is 3.65. The van der Waals surface area contributed by atoms with E-state index in [-0.39, 0.29) is 0 Å². The van der Waals surface area contributed by atoms with Crippen LogP contribution in [0.5, 0.6) is 0 Å². The monoisotopic (exact) mass is 299 g/mol. The number of sulfonamides is 1. The highest BCUT2D eigenvalue weighted by Crippen LogP contribution is 2.37. The van der Waals surface area contributed by atoms with E-state index in [4.69, 9.17) is 0 Å². The van der Waals surface area contributed by atoms with Gasteiger partial charge in [-0.05, 0) is 31.9 Å². The van der Waals surface area contributed by atoms with Crippen LogP contribution >= 0.6 is 0 Å². The standard InChI is InChI=1S/C14H25N3O2S/c1-4-8-16(3)20(18,19)14-9-13(10-15-5-2)17(11-14)12-6-7-12/h9,11-12,15H,4-8,10H2,1-3H3. The summed E-state index contributed by atoms with van der Waals surface area (Å²) >= 11 is 0. The van der Waals surface area contributed by atoms with Crippen molar-refractivity contribution in [1.29, 1.82) is 0 Å². The molecule has 1 saturated carbocycles. The lowest BCUT2D eigenvalue weighted by Crippen LogP contribution is -2.27. The lowest BCUT2D eigenvalue weighted by Gasteiger charge is -2.14. The minimum atomic E-state index is -3.35. The van der Waals surface area contributed by atoms with Crippen molar-refractivity contribution in [3.8, 4) is 0 Å². The van der Waals surface area contributed by atoms with E-state index in [1.807, 2.05) is 19.2 Å². The Morgan fingerprint density at radius 1 is 1.40 bits per heavy atom. The molecule has 5 nitrogen and oxygen atoms in total. The van der Waals surface area contributed by atoms with Gasteiger partial charge < -0.3 is 9.88 Å². The van der Waals surface area contributed by atoms with Crippen LogP contribution in [0.3, 0.4) is 0 Å². The van der Waals surface area contributed by atoms with Crippen LogP contribution in [0.1, 0.15) is 44.8 Å². The first-order chi connectivity index (χ1) is 9.50. The Morgan fingerprint density at radius 3 is 2.65 bits per heavy atom. The number of nitrogens with one attached hydrogen (secondary N) is 1. The Labute approximate surface area is 122 Å². The van der Waals surface area contributed by atoms with Gasteiger partial charge in [0.25, 0.3) is 0 Å². The molecule has 6 heteroatoms. The highest BCUT2D eigenvalue weighted by Gasteiger charge is 2.29. The molecule has 0 spiro atoms. The van der Waals surface area contributed by atoms with E-state index in [0.29, 0.717) is 17.5 Å². The lowest BCUT2D eigenvalue weighted by molar-refractivity contribution is 0.468. The average Bonchev–Trinajstić information content (AvgIpc) is 3.16. The molecule has 0 saturated heterocycles. The van der Waals surface area contributed by atoms with E-state index in [0.717, 1.165) is 38.0 Å². The summed E-state index contributed by atoms with van der Waals surface area (Å²) < 4.78 is 28.6. The summed E-state index contributed by atoms with van der Waals surface area (Å²) in [5.74, 6) is 0. The van der Waals surface area contributed by atoms with Crippen molar-refractivity contribution in [2.45, 2.75) is 50.6 Å². The molecule has 114 valence electrons. The van der Waals surface area contributed by atoms with Crippen molar-refractivity contribution in [3.05, 3.63) is 18.0 Å². The molecule has 0 aromatic carbocycles. The number of aromatic nitrogens is 1. The van der Waals surface area contributed by atoms with Crippen LogP contribution in [0.4, 0.5) is 0 Å². The Kier molecular flexibility index (Phi) is 4.88. The maximum absolute atomic E-state index is 12.5. The van der Waals surface area contributed by atoms with E-state index in [1.165, 1.54) is 4.31 Å². The number of nitrogens with zero attached hydrogens (tertiary/aromatic N) is 2.